The molecule has 5 aromatic carbocycles. The Hall–Kier alpha value is -4.00. The van der Waals surface area contributed by atoms with Crippen LogP contribution in [0.1, 0.15) is 32.6 Å². The Labute approximate surface area is 227 Å². The topological polar surface area (TPSA) is 40.1 Å². The van der Waals surface area contributed by atoms with E-state index in [0.29, 0.717) is 0 Å². The van der Waals surface area contributed by atoms with Gasteiger partial charge >= 0.3 is 0 Å². The van der Waals surface area contributed by atoms with Gasteiger partial charge in [-0.3, -0.25) is 0 Å². The molecule has 0 aromatic heterocycles. The van der Waals surface area contributed by atoms with Crippen molar-refractivity contribution in [3.8, 4) is 0 Å². The minimum atomic E-state index is -1.98. The summed E-state index contributed by atoms with van der Waals surface area (Å²) in [5, 5.41) is 15.7. The second kappa shape index (κ2) is 12.0. The summed E-state index contributed by atoms with van der Waals surface area (Å²) >= 11 is 0. The van der Waals surface area contributed by atoms with Gasteiger partial charge in [0.1, 0.15) is 28.5 Å². The summed E-state index contributed by atoms with van der Waals surface area (Å²) in [6.07, 6.45) is 0. The lowest BCUT2D eigenvalue weighted by Crippen LogP contribution is -2.38. The fourth-order valence-corrected chi connectivity index (χ4v) is 8.72. The number of carbonyl (C=O) groups is 1. The molecule has 2 nitrogen and oxygen atoms in total. The van der Waals surface area contributed by atoms with E-state index in [1.165, 1.54) is 55.6 Å². The lowest BCUT2D eigenvalue weighted by atomic mass is 10.2. The SMILES string of the molecule is Cc1ccc([P+](c2ccc(C)cc2)(c2ccc(C)cc2)c2ccc(C)cc2)cc1.O=C([O-])c1ccccc1. The van der Waals surface area contributed by atoms with Crippen molar-refractivity contribution in [2.45, 2.75) is 27.7 Å². The van der Waals surface area contributed by atoms with Crippen molar-refractivity contribution in [2.24, 2.45) is 0 Å². The van der Waals surface area contributed by atoms with Crippen LogP contribution in [-0.2, 0) is 0 Å². The molecular weight excluding hydrogens is 483 g/mol. The third-order valence-electron chi connectivity index (χ3n) is 6.69. The monoisotopic (exact) mass is 516 g/mol. The van der Waals surface area contributed by atoms with E-state index < -0.39 is 13.2 Å². The number of hydrogen-bond acceptors (Lipinski definition) is 2. The summed E-state index contributed by atoms with van der Waals surface area (Å²) < 4.78 is 0. The highest BCUT2D eigenvalue weighted by atomic mass is 31.2. The Balaban J connectivity index is 0.000000317. The van der Waals surface area contributed by atoms with Gasteiger partial charge in [0, 0.05) is 0 Å². The van der Waals surface area contributed by atoms with Gasteiger partial charge in [0.05, 0.1) is 5.97 Å². The summed E-state index contributed by atoms with van der Waals surface area (Å²) in [6.45, 7) is 8.64. The summed E-state index contributed by atoms with van der Waals surface area (Å²) in [5.74, 6) is -1.13. The molecule has 3 heteroatoms. The van der Waals surface area contributed by atoms with Gasteiger partial charge in [0.25, 0.3) is 0 Å². The van der Waals surface area contributed by atoms with E-state index in [1.54, 1.807) is 18.2 Å². The summed E-state index contributed by atoms with van der Waals surface area (Å²) in [5.41, 5.74) is 5.40. The average Bonchev–Trinajstić information content (AvgIpc) is 2.93. The van der Waals surface area contributed by atoms with Gasteiger partial charge < -0.3 is 9.90 Å². The molecule has 0 aliphatic carbocycles. The third-order valence-corrected chi connectivity index (χ3v) is 11.0. The molecule has 0 amide bonds. The van der Waals surface area contributed by atoms with Crippen LogP contribution in [0.3, 0.4) is 0 Å². The average molecular weight is 517 g/mol. The molecule has 0 heterocycles. The smallest absolute Gasteiger partial charge is 0.144 e. The molecule has 38 heavy (non-hydrogen) atoms. The van der Waals surface area contributed by atoms with Gasteiger partial charge in [-0.05, 0) is 81.8 Å². The lowest BCUT2D eigenvalue weighted by molar-refractivity contribution is -0.255. The maximum atomic E-state index is 10.1. The first-order valence-corrected chi connectivity index (χ1v) is 14.5. The molecule has 0 saturated carbocycles. The number of carboxylic acid groups (broad SMARTS) is 1. The molecule has 0 aliphatic heterocycles. The molecule has 190 valence electrons. The van der Waals surface area contributed by atoms with Crippen LogP contribution >= 0.6 is 7.26 Å². The fourth-order valence-electron chi connectivity index (χ4n) is 4.54. The zero-order chi connectivity index (χ0) is 27.1. The van der Waals surface area contributed by atoms with Gasteiger partial charge in [-0.15, -0.1) is 0 Å². The predicted octanol–water partition coefficient (Wildman–Crippen LogP) is 5.59. The molecule has 0 N–H and O–H groups in total. The second-order valence-electron chi connectivity index (χ2n) is 9.67. The van der Waals surface area contributed by atoms with Crippen molar-refractivity contribution in [1.82, 2.24) is 0 Å². The largest absolute Gasteiger partial charge is 0.545 e. The molecule has 0 saturated heterocycles. The van der Waals surface area contributed by atoms with Gasteiger partial charge in [-0.1, -0.05) is 101 Å². The van der Waals surface area contributed by atoms with Crippen molar-refractivity contribution < 1.29 is 9.90 Å². The molecular formula is C35H33O2P. The Morgan fingerprint density at radius 3 is 0.921 bits per heavy atom. The first-order chi connectivity index (χ1) is 18.3. The van der Waals surface area contributed by atoms with Crippen LogP contribution < -0.4 is 26.3 Å². The van der Waals surface area contributed by atoms with Gasteiger partial charge in [-0.25, -0.2) is 0 Å². The highest BCUT2D eigenvalue weighted by molar-refractivity contribution is 8.01. The highest BCUT2D eigenvalue weighted by Gasteiger charge is 2.47. The zero-order valence-electron chi connectivity index (χ0n) is 22.4. The van der Waals surface area contributed by atoms with Crippen molar-refractivity contribution in [3.63, 3.8) is 0 Å². The van der Waals surface area contributed by atoms with Crippen LogP contribution in [0.15, 0.2) is 127 Å². The van der Waals surface area contributed by atoms with Crippen molar-refractivity contribution >= 4 is 34.4 Å². The highest BCUT2D eigenvalue weighted by Crippen LogP contribution is 2.54. The zero-order valence-corrected chi connectivity index (χ0v) is 23.3. The fraction of sp³-hybridized carbons (Fsp3) is 0.114. The number of benzene rings is 5. The van der Waals surface area contributed by atoms with E-state index in [1.807, 2.05) is 0 Å². The van der Waals surface area contributed by atoms with Crippen LogP contribution in [0.5, 0.6) is 0 Å². The van der Waals surface area contributed by atoms with Crippen molar-refractivity contribution in [3.05, 3.63) is 155 Å². The summed E-state index contributed by atoms with van der Waals surface area (Å²) in [6, 6.07) is 44.8. The number of carboxylic acids is 1. The van der Waals surface area contributed by atoms with Crippen LogP contribution in [-0.4, -0.2) is 5.97 Å². The molecule has 5 aromatic rings. The van der Waals surface area contributed by atoms with Crippen LogP contribution in [0, 0.1) is 27.7 Å². The van der Waals surface area contributed by atoms with E-state index in [4.69, 9.17) is 0 Å². The van der Waals surface area contributed by atoms with E-state index in [0.717, 1.165) is 0 Å². The molecule has 5 rings (SSSR count). The van der Waals surface area contributed by atoms with Crippen LogP contribution in [0.4, 0.5) is 0 Å². The Kier molecular flexibility index (Phi) is 8.56. The van der Waals surface area contributed by atoms with Gasteiger partial charge in [-0.2, -0.15) is 0 Å². The maximum Gasteiger partial charge on any atom is 0.144 e. The standard InChI is InChI=1S/C28H28P.C7H6O2/c1-21-5-13-25(14-6-21)29(26-15-7-22(2)8-16-26,27-17-9-23(3)10-18-27)28-19-11-24(4)12-20-28;8-7(9)6-4-2-1-3-5-6/h5-20H,1-4H3;1-5H,(H,8,9)/q+1;/p-1. The van der Waals surface area contributed by atoms with E-state index in [2.05, 4.69) is 125 Å². The van der Waals surface area contributed by atoms with Gasteiger partial charge in [0.2, 0.25) is 0 Å². The Morgan fingerprint density at radius 1 is 0.447 bits per heavy atom. The quantitative estimate of drug-likeness (QED) is 0.286. The number of aryl methyl sites for hydroxylation is 4. The number of rotatable bonds is 5. The Bertz CT molecular complexity index is 1280. The van der Waals surface area contributed by atoms with E-state index >= 15 is 0 Å². The molecule has 0 fully saturated rings. The summed E-state index contributed by atoms with van der Waals surface area (Å²) in [4.78, 5) is 10.1. The summed E-state index contributed by atoms with van der Waals surface area (Å²) in [7, 11) is -1.98. The number of carbonyl (C=O) groups excluding carboxylic acids is 1. The third kappa shape index (κ3) is 5.93. The molecule has 0 aliphatic rings. The molecule has 0 unspecified atom stereocenters. The molecule has 0 atom stereocenters. The molecule has 0 spiro atoms. The lowest BCUT2D eigenvalue weighted by Gasteiger charge is -2.28. The minimum absolute atomic E-state index is 0.220. The predicted molar refractivity (Wildman–Crippen MR) is 161 cm³/mol. The van der Waals surface area contributed by atoms with Crippen LogP contribution in [0.2, 0.25) is 0 Å². The minimum Gasteiger partial charge on any atom is -0.545 e. The van der Waals surface area contributed by atoms with Crippen molar-refractivity contribution in [1.29, 1.82) is 0 Å². The van der Waals surface area contributed by atoms with E-state index in [-0.39, 0.29) is 5.56 Å². The number of hydrogen-bond donors (Lipinski definition) is 0. The molecule has 0 radical (unpaired) electrons. The van der Waals surface area contributed by atoms with E-state index in [9.17, 15) is 9.90 Å². The maximum absolute atomic E-state index is 10.1. The van der Waals surface area contributed by atoms with Crippen molar-refractivity contribution in [2.75, 3.05) is 0 Å². The first-order valence-electron chi connectivity index (χ1n) is 12.7. The normalized spacial score (nSPS) is 10.8. The second-order valence-corrected chi connectivity index (χ2v) is 13.1. The number of aromatic carboxylic acids is 1. The van der Waals surface area contributed by atoms with Gasteiger partial charge in [0.15, 0.2) is 0 Å². The Morgan fingerprint density at radius 2 is 0.711 bits per heavy atom. The first kappa shape index (κ1) is 27.0. The molecule has 0 bridgehead atoms. The van der Waals surface area contributed by atoms with Crippen LogP contribution in [0.25, 0.3) is 0 Å².